The highest BCUT2D eigenvalue weighted by Gasteiger charge is 2.20. The molecule has 0 bridgehead atoms. The molecule has 0 spiro atoms. The molecule has 46 heavy (non-hydrogen) atoms. The Hall–Kier alpha value is -3.81. The van der Waals surface area contributed by atoms with Crippen molar-refractivity contribution in [1.29, 1.82) is 0 Å². The zero-order chi connectivity index (χ0) is 33.4. The van der Waals surface area contributed by atoms with E-state index in [0.29, 0.717) is 45.5 Å². The summed E-state index contributed by atoms with van der Waals surface area (Å²) in [6.45, 7) is 9.65. The molecule has 0 N–H and O–H groups in total. The maximum absolute atomic E-state index is 12.3. The molecule has 0 aliphatic carbocycles. The van der Waals surface area contributed by atoms with Crippen molar-refractivity contribution in [3.8, 4) is 5.88 Å². The van der Waals surface area contributed by atoms with Crippen molar-refractivity contribution in [2.75, 3.05) is 64.8 Å². The van der Waals surface area contributed by atoms with E-state index in [9.17, 15) is 13.2 Å². The molecule has 3 aromatic rings. The molecule has 250 valence electrons. The van der Waals surface area contributed by atoms with Crippen LogP contribution in [0.15, 0.2) is 71.8 Å². The normalized spacial score (nSPS) is 11.9. The van der Waals surface area contributed by atoms with Gasteiger partial charge in [0.2, 0.25) is 5.88 Å². The number of benzene rings is 2. The van der Waals surface area contributed by atoms with Gasteiger partial charge in [-0.2, -0.15) is 8.42 Å². The van der Waals surface area contributed by atoms with Crippen LogP contribution in [0.3, 0.4) is 0 Å². The van der Waals surface area contributed by atoms with Crippen LogP contribution in [0.1, 0.15) is 37.5 Å². The topological polar surface area (TPSA) is 123 Å². The van der Waals surface area contributed by atoms with Crippen molar-refractivity contribution in [2.45, 2.75) is 38.2 Å². The van der Waals surface area contributed by atoms with Gasteiger partial charge in [-0.15, -0.1) is 0 Å². The molecular formula is C34H44N2O9S. The van der Waals surface area contributed by atoms with E-state index < -0.39 is 21.8 Å². The van der Waals surface area contributed by atoms with Crippen molar-refractivity contribution in [3.63, 3.8) is 0 Å². The molecular weight excluding hydrogens is 612 g/mol. The third-order valence-corrected chi connectivity index (χ3v) is 7.50. The molecule has 1 amide bonds. The number of nitrogens with zero attached hydrogens (tertiary/aromatic N) is 2. The molecule has 0 unspecified atom stereocenters. The van der Waals surface area contributed by atoms with Crippen LogP contribution in [0, 0.1) is 6.92 Å². The standard InChI is InChI=1S/C34H44N2O9S/c1-27-6-15-31(16-7-27)46(38,39)44-25-23-42-21-19-40-18-20-41-22-24-43-32-17-12-29(26-35-32)9-8-28-10-13-30(14-11-28)36(5)33(37)45-34(2,3)4/h6-17,26H,18-25H2,1-5H3/b9-8+. The Morgan fingerprint density at radius 1 is 0.761 bits per heavy atom. The van der Waals surface area contributed by atoms with Crippen LogP contribution in [-0.4, -0.2) is 85.0 Å². The van der Waals surface area contributed by atoms with E-state index in [-0.39, 0.29) is 18.1 Å². The maximum Gasteiger partial charge on any atom is 0.414 e. The summed E-state index contributed by atoms with van der Waals surface area (Å²) in [5.74, 6) is 0.499. The fourth-order valence-corrected chi connectivity index (χ4v) is 4.63. The summed E-state index contributed by atoms with van der Waals surface area (Å²) in [6, 6.07) is 17.8. The highest BCUT2D eigenvalue weighted by Crippen LogP contribution is 2.19. The van der Waals surface area contributed by atoms with Gasteiger partial charge in [-0.1, -0.05) is 42.0 Å². The summed E-state index contributed by atoms with van der Waals surface area (Å²) in [7, 11) is -2.10. The number of amides is 1. The minimum atomic E-state index is -3.79. The van der Waals surface area contributed by atoms with Crippen molar-refractivity contribution >= 4 is 34.1 Å². The van der Waals surface area contributed by atoms with Crippen LogP contribution >= 0.6 is 0 Å². The Morgan fingerprint density at radius 2 is 1.30 bits per heavy atom. The molecule has 1 heterocycles. The Kier molecular flexibility index (Phi) is 14.6. The Bertz CT molecular complexity index is 1470. The summed E-state index contributed by atoms with van der Waals surface area (Å²) in [5.41, 5.74) is 3.05. The molecule has 0 saturated carbocycles. The van der Waals surface area contributed by atoms with Gasteiger partial charge in [0.25, 0.3) is 10.1 Å². The van der Waals surface area contributed by atoms with Gasteiger partial charge in [-0.05, 0) is 69.2 Å². The number of pyridine rings is 1. The van der Waals surface area contributed by atoms with Crippen molar-refractivity contribution < 1.29 is 41.1 Å². The molecule has 1 aromatic heterocycles. The van der Waals surface area contributed by atoms with E-state index in [1.54, 1.807) is 31.4 Å². The first-order valence-corrected chi connectivity index (χ1v) is 16.4. The van der Waals surface area contributed by atoms with Crippen LogP contribution in [-0.2, 0) is 33.2 Å². The molecule has 11 nitrogen and oxygen atoms in total. The smallest absolute Gasteiger partial charge is 0.414 e. The molecule has 0 fully saturated rings. The zero-order valence-electron chi connectivity index (χ0n) is 27.1. The van der Waals surface area contributed by atoms with E-state index >= 15 is 0 Å². The van der Waals surface area contributed by atoms with Crippen LogP contribution in [0.2, 0.25) is 0 Å². The number of ether oxygens (including phenoxy) is 5. The number of anilines is 1. The fourth-order valence-electron chi connectivity index (χ4n) is 3.74. The first kappa shape index (κ1) is 36.7. The third-order valence-electron chi connectivity index (χ3n) is 6.17. The summed E-state index contributed by atoms with van der Waals surface area (Å²) < 4.78 is 56.5. The molecule has 3 rings (SSSR count). The molecule has 0 atom stereocenters. The predicted octanol–water partition coefficient (Wildman–Crippen LogP) is 5.77. The Balaban J connectivity index is 1.21. The summed E-state index contributed by atoms with van der Waals surface area (Å²) in [5, 5.41) is 0. The second-order valence-corrected chi connectivity index (χ2v) is 12.8. The molecule has 0 aliphatic rings. The van der Waals surface area contributed by atoms with Crippen LogP contribution in [0.4, 0.5) is 10.5 Å². The minimum Gasteiger partial charge on any atom is -0.475 e. The van der Waals surface area contributed by atoms with Crippen molar-refractivity contribution in [1.82, 2.24) is 4.98 Å². The highest BCUT2D eigenvalue weighted by molar-refractivity contribution is 7.86. The molecule has 2 aromatic carbocycles. The third kappa shape index (κ3) is 13.7. The van der Waals surface area contributed by atoms with Crippen molar-refractivity contribution in [3.05, 3.63) is 83.6 Å². The first-order chi connectivity index (χ1) is 21.9. The largest absolute Gasteiger partial charge is 0.475 e. The van der Waals surface area contributed by atoms with Crippen LogP contribution in [0.5, 0.6) is 5.88 Å². The fraction of sp³-hybridized carbons (Fsp3) is 0.412. The second-order valence-electron chi connectivity index (χ2n) is 11.2. The van der Waals surface area contributed by atoms with Gasteiger partial charge >= 0.3 is 6.09 Å². The lowest BCUT2D eigenvalue weighted by Gasteiger charge is -2.24. The van der Waals surface area contributed by atoms with Crippen molar-refractivity contribution in [2.24, 2.45) is 0 Å². The van der Waals surface area contributed by atoms with Gasteiger partial charge in [0.05, 0.1) is 51.1 Å². The Labute approximate surface area is 272 Å². The number of hydrogen-bond donors (Lipinski definition) is 0. The summed E-state index contributed by atoms with van der Waals surface area (Å²) >= 11 is 0. The second kappa shape index (κ2) is 18.4. The van der Waals surface area contributed by atoms with E-state index in [0.717, 1.165) is 22.4 Å². The zero-order valence-corrected chi connectivity index (χ0v) is 28.0. The summed E-state index contributed by atoms with van der Waals surface area (Å²) in [4.78, 5) is 18.2. The van der Waals surface area contributed by atoms with Gasteiger partial charge in [-0.3, -0.25) is 9.08 Å². The lowest BCUT2D eigenvalue weighted by molar-refractivity contribution is 0.00508. The van der Waals surface area contributed by atoms with E-state index in [2.05, 4.69) is 4.98 Å². The first-order valence-electron chi connectivity index (χ1n) is 15.0. The highest BCUT2D eigenvalue weighted by atomic mass is 32.2. The van der Waals surface area contributed by atoms with E-state index in [4.69, 9.17) is 27.9 Å². The summed E-state index contributed by atoms with van der Waals surface area (Å²) in [6.07, 6.45) is 5.23. The quantitative estimate of drug-likeness (QED) is 0.123. The number of aryl methyl sites for hydroxylation is 1. The van der Waals surface area contributed by atoms with E-state index in [1.807, 2.05) is 70.2 Å². The Morgan fingerprint density at radius 3 is 1.87 bits per heavy atom. The number of rotatable bonds is 18. The van der Waals surface area contributed by atoms with Gasteiger partial charge in [0.1, 0.15) is 12.2 Å². The van der Waals surface area contributed by atoms with Gasteiger partial charge < -0.3 is 23.7 Å². The number of carbonyl (C=O) groups is 1. The monoisotopic (exact) mass is 656 g/mol. The lowest BCUT2D eigenvalue weighted by atomic mass is 10.1. The van der Waals surface area contributed by atoms with Crippen LogP contribution in [0.25, 0.3) is 12.2 Å². The van der Waals surface area contributed by atoms with Gasteiger partial charge in [-0.25, -0.2) is 9.78 Å². The van der Waals surface area contributed by atoms with Gasteiger partial charge in [0.15, 0.2) is 0 Å². The predicted molar refractivity (Wildman–Crippen MR) is 177 cm³/mol. The number of aromatic nitrogens is 1. The maximum atomic E-state index is 12.3. The van der Waals surface area contributed by atoms with Gasteiger partial charge in [0, 0.05) is 25.0 Å². The SMILES string of the molecule is Cc1ccc(S(=O)(=O)OCCOCCOCCOCCOc2ccc(/C=C/c3ccc(N(C)C(=O)OC(C)(C)C)cc3)cn2)cc1. The molecule has 0 saturated heterocycles. The van der Waals surface area contributed by atoms with E-state index in [1.165, 1.54) is 17.0 Å². The average Bonchev–Trinajstić information content (AvgIpc) is 3.02. The van der Waals surface area contributed by atoms with Crippen LogP contribution < -0.4 is 9.64 Å². The minimum absolute atomic E-state index is 0.0694. The molecule has 0 radical (unpaired) electrons. The molecule has 0 aliphatic heterocycles. The number of carbonyl (C=O) groups excluding carboxylic acids is 1. The average molecular weight is 657 g/mol. The molecule has 12 heteroatoms. The lowest BCUT2D eigenvalue weighted by Crippen LogP contribution is -2.34. The number of hydrogen-bond acceptors (Lipinski definition) is 10.